The van der Waals surface area contributed by atoms with Crippen molar-refractivity contribution < 1.29 is 5.11 Å². The lowest BCUT2D eigenvalue weighted by molar-refractivity contribution is 0.143. The molecule has 0 spiro atoms. The highest BCUT2D eigenvalue weighted by Gasteiger charge is 2.20. The van der Waals surface area contributed by atoms with Crippen molar-refractivity contribution in [3.63, 3.8) is 0 Å². The van der Waals surface area contributed by atoms with Crippen LogP contribution in [0.3, 0.4) is 0 Å². The van der Waals surface area contributed by atoms with Gasteiger partial charge < -0.3 is 25.6 Å². The summed E-state index contributed by atoms with van der Waals surface area (Å²) in [6, 6.07) is 8.14. The number of piperazine rings is 1. The number of nitrogens with zero attached hydrogens (tertiary/aromatic N) is 2. The van der Waals surface area contributed by atoms with E-state index in [-0.39, 0.29) is 6.04 Å². The fourth-order valence-corrected chi connectivity index (χ4v) is 2.70. The summed E-state index contributed by atoms with van der Waals surface area (Å²) in [5.74, 6) is 0. The van der Waals surface area contributed by atoms with Crippen molar-refractivity contribution in [1.29, 1.82) is 0 Å². The largest absolute Gasteiger partial charge is 0.372 e. The van der Waals surface area contributed by atoms with Crippen molar-refractivity contribution in [2.45, 2.75) is 25.7 Å². The summed E-state index contributed by atoms with van der Waals surface area (Å²) < 4.78 is 2.05. The van der Waals surface area contributed by atoms with E-state index >= 15 is 0 Å². The van der Waals surface area contributed by atoms with E-state index in [4.69, 9.17) is 0 Å². The van der Waals surface area contributed by atoms with E-state index in [1.54, 1.807) is 0 Å². The number of nitrogens with one attached hydrogen (secondary N) is 3. The molecule has 3 rings (SSSR count). The molecule has 1 unspecified atom stereocenters. The van der Waals surface area contributed by atoms with E-state index in [0.29, 0.717) is 0 Å². The highest BCUT2D eigenvalue weighted by molar-refractivity contribution is 5.46. The molecule has 2 heterocycles. The van der Waals surface area contributed by atoms with Crippen molar-refractivity contribution in [2.75, 3.05) is 25.0 Å². The molecule has 0 saturated carbocycles. The summed E-state index contributed by atoms with van der Waals surface area (Å²) in [7, 11) is 0. The van der Waals surface area contributed by atoms with E-state index in [2.05, 4.69) is 37.6 Å². The lowest BCUT2D eigenvalue weighted by Crippen LogP contribution is -2.56. The van der Waals surface area contributed by atoms with Crippen LogP contribution in [-0.4, -0.2) is 46.6 Å². The normalized spacial score (nSPS) is 19.8. The fourth-order valence-electron chi connectivity index (χ4n) is 2.70. The smallest absolute Gasteiger partial charge is 0.141 e. The van der Waals surface area contributed by atoms with Gasteiger partial charge in [-0.25, -0.2) is 4.98 Å². The Labute approximate surface area is 130 Å². The first-order valence-electron chi connectivity index (χ1n) is 7.67. The van der Waals surface area contributed by atoms with Crippen LogP contribution in [0.5, 0.6) is 0 Å². The average Bonchev–Trinajstić information content (AvgIpc) is 2.93. The molecule has 6 heteroatoms. The number of aromatic nitrogens is 2. The van der Waals surface area contributed by atoms with Crippen LogP contribution in [0.1, 0.15) is 11.3 Å². The maximum absolute atomic E-state index is 10.3. The second-order valence-corrected chi connectivity index (χ2v) is 5.74. The molecule has 0 radical (unpaired) electrons. The average molecular weight is 301 g/mol. The van der Waals surface area contributed by atoms with E-state index in [1.807, 2.05) is 31.6 Å². The second kappa shape index (κ2) is 6.91. The lowest BCUT2D eigenvalue weighted by Gasteiger charge is -2.29. The molecule has 1 aliphatic heterocycles. The molecule has 1 aromatic carbocycles. The van der Waals surface area contributed by atoms with Gasteiger partial charge in [0.2, 0.25) is 0 Å². The first-order valence-corrected chi connectivity index (χ1v) is 7.67. The lowest BCUT2D eigenvalue weighted by atomic mass is 10.1. The van der Waals surface area contributed by atoms with Crippen LogP contribution in [0.15, 0.2) is 36.8 Å². The van der Waals surface area contributed by atoms with Crippen LogP contribution in [0, 0.1) is 6.92 Å². The second-order valence-electron chi connectivity index (χ2n) is 5.74. The van der Waals surface area contributed by atoms with E-state index in [9.17, 15) is 5.11 Å². The molecule has 118 valence electrons. The zero-order chi connectivity index (χ0) is 15.4. The van der Waals surface area contributed by atoms with Gasteiger partial charge >= 0.3 is 0 Å². The Morgan fingerprint density at radius 3 is 3.09 bits per heavy atom. The number of aliphatic hydroxyl groups excluding tert-OH is 1. The van der Waals surface area contributed by atoms with Crippen LogP contribution >= 0.6 is 0 Å². The Hall–Kier alpha value is -1.89. The number of benzene rings is 1. The van der Waals surface area contributed by atoms with Gasteiger partial charge in [-0.2, -0.15) is 0 Å². The minimum absolute atomic E-state index is 0.0219. The molecule has 1 fully saturated rings. The number of rotatable bonds is 5. The first-order chi connectivity index (χ1) is 10.7. The van der Waals surface area contributed by atoms with Crippen LogP contribution in [0.25, 0.3) is 0 Å². The van der Waals surface area contributed by atoms with Crippen LogP contribution < -0.4 is 16.0 Å². The third-order valence-electron chi connectivity index (χ3n) is 3.82. The van der Waals surface area contributed by atoms with Crippen molar-refractivity contribution in [1.82, 2.24) is 20.2 Å². The number of hydrogen-bond donors (Lipinski definition) is 4. The quantitative estimate of drug-likeness (QED) is 0.606. The first kappa shape index (κ1) is 15.0. The maximum Gasteiger partial charge on any atom is 0.141 e. The summed E-state index contributed by atoms with van der Waals surface area (Å²) in [6.45, 7) is 5.35. The highest BCUT2D eigenvalue weighted by Crippen LogP contribution is 2.14. The van der Waals surface area contributed by atoms with Gasteiger partial charge in [-0.15, -0.1) is 0 Å². The standard InChI is InChI=1S/C16H23N5O/c1-12-9-21(11-19-12)10-13-3-2-4-14(7-13)20-16(22)15-8-17-5-6-18-15/h2-4,7,9,11,15-18,20,22H,5-6,8,10H2,1H3/t15?,16-/m1/s1. The Morgan fingerprint density at radius 1 is 1.45 bits per heavy atom. The third kappa shape index (κ3) is 3.85. The molecular formula is C16H23N5O. The minimum atomic E-state index is -0.612. The van der Waals surface area contributed by atoms with Gasteiger partial charge in [-0.05, 0) is 24.6 Å². The predicted molar refractivity (Wildman–Crippen MR) is 86.8 cm³/mol. The molecule has 1 saturated heterocycles. The van der Waals surface area contributed by atoms with Crippen LogP contribution in [-0.2, 0) is 6.54 Å². The molecule has 1 aromatic heterocycles. The van der Waals surface area contributed by atoms with Gasteiger partial charge in [0.25, 0.3) is 0 Å². The monoisotopic (exact) mass is 301 g/mol. The molecule has 0 aliphatic carbocycles. The molecule has 6 nitrogen and oxygen atoms in total. The van der Waals surface area contributed by atoms with Gasteiger partial charge in [0, 0.05) is 38.1 Å². The maximum atomic E-state index is 10.3. The van der Waals surface area contributed by atoms with Crippen molar-refractivity contribution in [3.05, 3.63) is 48.0 Å². The molecule has 2 aromatic rings. The van der Waals surface area contributed by atoms with E-state index in [0.717, 1.165) is 37.6 Å². The van der Waals surface area contributed by atoms with Crippen molar-refractivity contribution in [2.24, 2.45) is 0 Å². The number of anilines is 1. The molecule has 2 atom stereocenters. The number of imidazole rings is 1. The molecular weight excluding hydrogens is 278 g/mol. The Morgan fingerprint density at radius 2 is 2.36 bits per heavy atom. The fraction of sp³-hybridized carbons (Fsp3) is 0.438. The zero-order valence-electron chi connectivity index (χ0n) is 12.8. The summed E-state index contributed by atoms with van der Waals surface area (Å²) in [5, 5.41) is 20.0. The van der Waals surface area contributed by atoms with Crippen molar-refractivity contribution >= 4 is 5.69 Å². The minimum Gasteiger partial charge on any atom is -0.372 e. The van der Waals surface area contributed by atoms with E-state index in [1.165, 1.54) is 5.56 Å². The molecule has 0 bridgehead atoms. The van der Waals surface area contributed by atoms with Gasteiger partial charge in [0.15, 0.2) is 0 Å². The number of hydrogen-bond acceptors (Lipinski definition) is 5. The Balaban J connectivity index is 1.63. The van der Waals surface area contributed by atoms with Crippen LogP contribution in [0.2, 0.25) is 0 Å². The SMILES string of the molecule is Cc1cn(Cc2cccc(N[C@H](O)C3CNCCN3)c2)cn1. The van der Waals surface area contributed by atoms with Gasteiger partial charge in [0.1, 0.15) is 6.23 Å². The molecule has 22 heavy (non-hydrogen) atoms. The zero-order valence-corrected chi connectivity index (χ0v) is 12.8. The molecule has 0 amide bonds. The predicted octanol–water partition coefficient (Wildman–Crippen LogP) is 0.532. The summed E-state index contributed by atoms with van der Waals surface area (Å²) in [5.41, 5.74) is 3.11. The third-order valence-corrected chi connectivity index (χ3v) is 3.82. The van der Waals surface area contributed by atoms with Gasteiger partial charge in [0.05, 0.1) is 18.1 Å². The van der Waals surface area contributed by atoms with E-state index < -0.39 is 6.23 Å². The summed E-state index contributed by atoms with van der Waals surface area (Å²) in [6.07, 6.45) is 3.24. The number of aliphatic hydroxyl groups is 1. The van der Waals surface area contributed by atoms with Gasteiger partial charge in [-0.3, -0.25) is 0 Å². The summed E-state index contributed by atoms with van der Waals surface area (Å²) >= 11 is 0. The molecule has 4 N–H and O–H groups in total. The topological polar surface area (TPSA) is 74.1 Å². The molecule has 1 aliphatic rings. The van der Waals surface area contributed by atoms with Gasteiger partial charge in [-0.1, -0.05) is 12.1 Å². The summed E-state index contributed by atoms with van der Waals surface area (Å²) in [4.78, 5) is 4.24. The number of aryl methyl sites for hydroxylation is 1. The van der Waals surface area contributed by atoms with Crippen molar-refractivity contribution in [3.8, 4) is 0 Å². The Kier molecular flexibility index (Phi) is 4.72. The highest BCUT2D eigenvalue weighted by atomic mass is 16.3. The van der Waals surface area contributed by atoms with Crippen LogP contribution in [0.4, 0.5) is 5.69 Å². The Bertz CT molecular complexity index is 606.